The number of rotatable bonds is 6. The molecule has 16 heavy (non-hydrogen) atoms. The van der Waals surface area contributed by atoms with E-state index in [1.54, 1.807) is 4.90 Å². The molecule has 5 nitrogen and oxygen atoms in total. The van der Waals surface area contributed by atoms with Gasteiger partial charge in [0.05, 0.1) is 0 Å². The maximum atomic E-state index is 11.8. The van der Waals surface area contributed by atoms with Crippen LogP contribution in [0.1, 0.15) is 40.5 Å². The molecule has 0 aromatic rings. The summed E-state index contributed by atoms with van der Waals surface area (Å²) in [6.45, 7) is 8.14. The maximum Gasteiger partial charge on any atom is 0.326 e. The van der Waals surface area contributed by atoms with Crippen molar-refractivity contribution in [3.8, 4) is 0 Å². The number of hydrogen-bond donors (Lipinski definition) is 2. The minimum absolute atomic E-state index is 0.0704. The molecule has 0 saturated heterocycles. The van der Waals surface area contributed by atoms with Crippen LogP contribution in [-0.2, 0) is 4.79 Å². The van der Waals surface area contributed by atoms with Gasteiger partial charge in [-0.25, -0.2) is 9.59 Å². The van der Waals surface area contributed by atoms with E-state index in [4.69, 9.17) is 5.11 Å². The van der Waals surface area contributed by atoms with Crippen molar-refractivity contribution >= 4 is 12.0 Å². The molecule has 0 radical (unpaired) electrons. The number of amides is 2. The number of nitrogens with zero attached hydrogens (tertiary/aromatic N) is 1. The Morgan fingerprint density at radius 1 is 1.31 bits per heavy atom. The Morgan fingerprint density at radius 2 is 1.88 bits per heavy atom. The first-order valence-electron chi connectivity index (χ1n) is 5.73. The van der Waals surface area contributed by atoms with Crippen LogP contribution in [0.2, 0.25) is 0 Å². The summed E-state index contributed by atoms with van der Waals surface area (Å²) in [4.78, 5) is 24.2. The van der Waals surface area contributed by atoms with Crippen LogP contribution in [0, 0.1) is 0 Å². The third kappa shape index (κ3) is 4.51. The van der Waals surface area contributed by atoms with Gasteiger partial charge < -0.3 is 15.3 Å². The Balaban J connectivity index is 4.43. The Labute approximate surface area is 96.8 Å². The number of nitrogens with one attached hydrogen (secondary N) is 1. The number of urea groups is 1. The van der Waals surface area contributed by atoms with E-state index in [-0.39, 0.29) is 12.1 Å². The lowest BCUT2D eigenvalue weighted by Crippen LogP contribution is -2.50. The molecule has 0 heterocycles. The highest BCUT2D eigenvalue weighted by Gasteiger charge is 2.22. The largest absolute Gasteiger partial charge is 0.480 e. The molecule has 0 aliphatic heterocycles. The molecule has 0 fully saturated rings. The van der Waals surface area contributed by atoms with Gasteiger partial charge in [0.1, 0.15) is 6.04 Å². The second-order valence-corrected chi connectivity index (χ2v) is 4.01. The maximum absolute atomic E-state index is 11.8. The highest BCUT2D eigenvalue weighted by atomic mass is 16.4. The predicted molar refractivity (Wildman–Crippen MR) is 62.4 cm³/mol. The summed E-state index contributed by atoms with van der Waals surface area (Å²) >= 11 is 0. The quantitative estimate of drug-likeness (QED) is 0.729. The van der Waals surface area contributed by atoms with E-state index in [0.717, 1.165) is 6.42 Å². The molecule has 0 aromatic heterocycles. The Hall–Kier alpha value is -1.26. The van der Waals surface area contributed by atoms with Crippen LogP contribution in [0.25, 0.3) is 0 Å². The standard InChI is InChI=1S/C11H22N2O3/c1-5-7-9(10(14)15)12-11(16)13(6-2)8(3)4/h8-9H,5-7H2,1-4H3,(H,12,16)(H,14,15). The van der Waals surface area contributed by atoms with Crippen LogP contribution >= 0.6 is 0 Å². The number of carboxylic acids is 1. The van der Waals surface area contributed by atoms with Gasteiger partial charge >= 0.3 is 12.0 Å². The number of hydrogen-bond acceptors (Lipinski definition) is 2. The van der Waals surface area contributed by atoms with Gasteiger partial charge in [-0.3, -0.25) is 0 Å². The lowest BCUT2D eigenvalue weighted by molar-refractivity contribution is -0.139. The number of carboxylic acid groups (broad SMARTS) is 1. The second kappa shape index (κ2) is 7.09. The summed E-state index contributed by atoms with van der Waals surface area (Å²) in [6, 6.07) is -1.02. The molecular weight excluding hydrogens is 208 g/mol. The van der Waals surface area contributed by atoms with Gasteiger partial charge in [0, 0.05) is 12.6 Å². The highest BCUT2D eigenvalue weighted by molar-refractivity contribution is 5.82. The summed E-state index contributed by atoms with van der Waals surface area (Å²) in [5, 5.41) is 11.5. The van der Waals surface area contributed by atoms with Gasteiger partial charge in [-0.2, -0.15) is 0 Å². The first-order chi connectivity index (χ1) is 7.43. The summed E-state index contributed by atoms with van der Waals surface area (Å²) in [5.41, 5.74) is 0. The predicted octanol–water partition coefficient (Wildman–Crippen LogP) is 1.68. The normalized spacial score (nSPS) is 12.3. The van der Waals surface area contributed by atoms with Crippen molar-refractivity contribution in [2.75, 3.05) is 6.54 Å². The third-order valence-electron chi connectivity index (χ3n) is 2.40. The molecule has 0 aliphatic rings. The summed E-state index contributed by atoms with van der Waals surface area (Å²) in [7, 11) is 0. The zero-order chi connectivity index (χ0) is 12.7. The van der Waals surface area contributed by atoms with Gasteiger partial charge in [-0.05, 0) is 27.2 Å². The fourth-order valence-corrected chi connectivity index (χ4v) is 1.52. The van der Waals surface area contributed by atoms with Crippen molar-refractivity contribution in [1.29, 1.82) is 0 Å². The molecule has 94 valence electrons. The van der Waals surface area contributed by atoms with Gasteiger partial charge in [-0.15, -0.1) is 0 Å². The van der Waals surface area contributed by atoms with Crippen molar-refractivity contribution in [2.45, 2.75) is 52.6 Å². The average Bonchev–Trinajstić information content (AvgIpc) is 2.17. The lowest BCUT2D eigenvalue weighted by Gasteiger charge is -2.27. The smallest absolute Gasteiger partial charge is 0.326 e. The minimum atomic E-state index is -0.977. The van der Waals surface area contributed by atoms with E-state index < -0.39 is 12.0 Å². The molecule has 1 unspecified atom stereocenters. The first kappa shape index (κ1) is 14.7. The Morgan fingerprint density at radius 3 is 2.19 bits per heavy atom. The van der Waals surface area contributed by atoms with Crippen molar-refractivity contribution in [3.63, 3.8) is 0 Å². The van der Waals surface area contributed by atoms with Crippen LogP contribution in [0.4, 0.5) is 4.79 Å². The van der Waals surface area contributed by atoms with Crippen molar-refractivity contribution in [2.24, 2.45) is 0 Å². The molecule has 0 aliphatic carbocycles. The van der Waals surface area contributed by atoms with E-state index in [1.807, 2.05) is 27.7 Å². The molecule has 0 saturated carbocycles. The van der Waals surface area contributed by atoms with E-state index in [2.05, 4.69) is 5.32 Å². The van der Waals surface area contributed by atoms with Crippen molar-refractivity contribution in [3.05, 3.63) is 0 Å². The lowest BCUT2D eigenvalue weighted by atomic mass is 10.2. The molecule has 1 atom stereocenters. The second-order valence-electron chi connectivity index (χ2n) is 4.01. The highest BCUT2D eigenvalue weighted by Crippen LogP contribution is 2.02. The molecule has 5 heteroatoms. The number of carbonyl (C=O) groups excluding carboxylic acids is 1. The van der Waals surface area contributed by atoms with Crippen LogP contribution < -0.4 is 5.32 Å². The Bertz CT molecular complexity index is 241. The van der Waals surface area contributed by atoms with Crippen molar-refractivity contribution < 1.29 is 14.7 Å². The van der Waals surface area contributed by atoms with E-state index in [1.165, 1.54) is 0 Å². The third-order valence-corrected chi connectivity index (χ3v) is 2.40. The molecule has 0 rings (SSSR count). The molecular formula is C11H22N2O3. The molecule has 2 N–H and O–H groups in total. The van der Waals surface area contributed by atoms with E-state index in [9.17, 15) is 9.59 Å². The summed E-state index contributed by atoms with van der Waals surface area (Å²) < 4.78 is 0. The molecule has 2 amide bonds. The van der Waals surface area contributed by atoms with Gasteiger partial charge in [0.2, 0.25) is 0 Å². The molecule has 0 spiro atoms. The topological polar surface area (TPSA) is 69.6 Å². The molecule has 0 aromatic carbocycles. The van der Waals surface area contributed by atoms with Crippen LogP contribution in [0.3, 0.4) is 0 Å². The monoisotopic (exact) mass is 230 g/mol. The first-order valence-corrected chi connectivity index (χ1v) is 5.73. The fraction of sp³-hybridized carbons (Fsp3) is 0.818. The zero-order valence-corrected chi connectivity index (χ0v) is 10.5. The number of aliphatic carboxylic acids is 1. The minimum Gasteiger partial charge on any atom is -0.480 e. The summed E-state index contributed by atoms with van der Waals surface area (Å²) in [6.07, 6.45) is 1.18. The van der Waals surface area contributed by atoms with Gasteiger partial charge in [-0.1, -0.05) is 13.3 Å². The Kier molecular flexibility index (Phi) is 6.53. The van der Waals surface area contributed by atoms with Crippen LogP contribution in [-0.4, -0.2) is 40.6 Å². The SMILES string of the molecule is CCCC(NC(=O)N(CC)C(C)C)C(=O)O. The zero-order valence-electron chi connectivity index (χ0n) is 10.5. The number of carbonyl (C=O) groups is 2. The fourth-order valence-electron chi connectivity index (χ4n) is 1.52. The van der Waals surface area contributed by atoms with Gasteiger partial charge in [0.25, 0.3) is 0 Å². The van der Waals surface area contributed by atoms with E-state index >= 15 is 0 Å². The van der Waals surface area contributed by atoms with Crippen LogP contribution in [0.5, 0.6) is 0 Å². The molecule has 0 bridgehead atoms. The van der Waals surface area contributed by atoms with E-state index in [0.29, 0.717) is 13.0 Å². The van der Waals surface area contributed by atoms with Crippen molar-refractivity contribution in [1.82, 2.24) is 10.2 Å². The van der Waals surface area contributed by atoms with Crippen LogP contribution in [0.15, 0.2) is 0 Å². The van der Waals surface area contributed by atoms with Gasteiger partial charge in [0.15, 0.2) is 0 Å². The average molecular weight is 230 g/mol. The summed E-state index contributed by atoms with van der Waals surface area (Å²) in [5.74, 6) is -0.977.